The van der Waals surface area contributed by atoms with Gasteiger partial charge in [-0.1, -0.05) is 13.0 Å². The fraction of sp³-hybridized carbons (Fsp3) is 0.538. The second-order valence-corrected chi connectivity index (χ2v) is 4.39. The maximum absolute atomic E-state index is 12.4. The van der Waals surface area contributed by atoms with E-state index in [1.165, 1.54) is 0 Å². The normalized spacial score (nSPS) is 23.0. The number of carbonyl (C=O) groups is 1. The molecule has 98 valence electrons. The van der Waals surface area contributed by atoms with Crippen molar-refractivity contribution in [1.82, 2.24) is 10.3 Å². The van der Waals surface area contributed by atoms with Crippen molar-refractivity contribution in [2.75, 3.05) is 31.7 Å². The Kier molecular flexibility index (Phi) is 4.28. The monoisotopic (exact) mass is 249 g/mol. The van der Waals surface area contributed by atoms with Gasteiger partial charge in [0.1, 0.15) is 5.82 Å². The molecular weight excluding hydrogens is 230 g/mol. The van der Waals surface area contributed by atoms with Gasteiger partial charge in [-0.3, -0.25) is 9.69 Å². The average molecular weight is 249 g/mol. The molecule has 2 heterocycles. The second kappa shape index (κ2) is 5.93. The van der Waals surface area contributed by atoms with E-state index in [0.717, 1.165) is 6.54 Å². The molecule has 1 aromatic heterocycles. The van der Waals surface area contributed by atoms with E-state index in [0.29, 0.717) is 19.0 Å². The third-order valence-corrected chi connectivity index (χ3v) is 3.19. The van der Waals surface area contributed by atoms with E-state index in [9.17, 15) is 4.79 Å². The van der Waals surface area contributed by atoms with Gasteiger partial charge in [0, 0.05) is 19.3 Å². The Morgan fingerprint density at radius 2 is 2.39 bits per heavy atom. The van der Waals surface area contributed by atoms with Crippen LogP contribution < -0.4 is 10.2 Å². The lowest BCUT2D eigenvalue weighted by Crippen LogP contribution is -2.44. The van der Waals surface area contributed by atoms with Crippen LogP contribution in [0.5, 0.6) is 0 Å². The van der Waals surface area contributed by atoms with Crippen LogP contribution in [0.2, 0.25) is 0 Å². The first kappa shape index (κ1) is 13.0. The molecule has 0 bridgehead atoms. The summed E-state index contributed by atoms with van der Waals surface area (Å²) in [5.74, 6) is 0.596. The minimum absolute atomic E-state index is 0.0529. The van der Waals surface area contributed by atoms with E-state index in [1.54, 1.807) is 18.1 Å². The molecule has 1 saturated heterocycles. The molecule has 2 rings (SSSR count). The molecule has 0 radical (unpaired) electrons. The number of likely N-dealkylation sites (N-methyl/N-ethyl adjacent to an activating group) is 1. The second-order valence-electron chi connectivity index (χ2n) is 4.39. The predicted octanol–water partition coefficient (Wildman–Crippen LogP) is 0.669. The summed E-state index contributed by atoms with van der Waals surface area (Å²) in [6.07, 6.45) is 1.69. The first-order chi connectivity index (χ1) is 8.74. The number of hydrogen-bond donors (Lipinski definition) is 1. The number of carbonyl (C=O) groups excluding carboxylic acids is 1. The number of ether oxygens (including phenoxy) is 1. The summed E-state index contributed by atoms with van der Waals surface area (Å²) >= 11 is 0. The summed E-state index contributed by atoms with van der Waals surface area (Å²) in [6, 6.07) is 5.64. The molecule has 1 aliphatic rings. The first-order valence-electron chi connectivity index (χ1n) is 6.23. The topological polar surface area (TPSA) is 54.5 Å². The van der Waals surface area contributed by atoms with Gasteiger partial charge in [0.25, 0.3) is 0 Å². The molecular formula is C13H19N3O2. The molecule has 0 spiro atoms. The van der Waals surface area contributed by atoms with Gasteiger partial charge in [-0.15, -0.1) is 0 Å². The van der Waals surface area contributed by atoms with Crippen LogP contribution >= 0.6 is 0 Å². The number of nitrogens with zero attached hydrogens (tertiary/aromatic N) is 2. The highest BCUT2D eigenvalue weighted by Gasteiger charge is 2.35. The van der Waals surface area contributed by atoms with Crippen LogP contribution in [0.3, 0.4) is 0 Å². The fourth-order valence-corrected chi connectivity index (χ4v) is 2.17. The van der Waals surface area contributed by atoms with E-state index >= 15 is 0 Å². The van der Waals surface area contributed by atoms with Crippen molar-refractivity contribution in [1.29, 1.82) is 0 Å². The smallest absolute Gasteiger partial charge is 0.234 e. The van der Waals surface area contributed by atoms with E-state index in [1.807, 2.05) is 25.1 Å². The third kappa shape index (κ3) is 2.68. The largest absolute Gasteiger partial charge is 0.379 e. The molecule has 0 aromatic carbocycles. The number of hydrogen-bond acceptors (Lipinski definition) is 4. The van der Waals surface area contributed by atoms with Gasteiger partial charge in [0.2, 0.25) is 5.91 Å². The van der Waals surface area contributed by atoms with Crippen molar-refractivity contribution in [2.45, 2.75) is 13.0 Å². The maximum Gasteiger partial charge on any atom is 0.234 e. The van der Waals surface area contributed by atoms with Crippen LogP contribution in [0.4, 0.5) is 5.82 Å². The van der Waals surface area contributed by atoms with Crippen LogP contribution in [0, 0.1) is 5.92 Å². The number of anilines is 1. The van der Waals surface area contributed by atoms with Crippen molar-refractivity contribution >= 4 is 11.7 Å². The van der Waals surface area contributed by atoms with Crippen molar-refractivity contribution in [3.8, 4) is 0 Å². The lowest BCUT2D eigenvalue weighted by molar-refractivity contribution is -0.122. The van der Waals surface area contributed by atoms with Gasteiger partial charge < -0.3 is 10.1 Å². The number of pyridine rings is 1. The van der Waals surface area contributed by atoms with Crippen molar-refractivity contribution < 1.29 is 9.53 Å². The van der Waals surface area contributed by atoms with Gasteiger partial charge in [0.15, 0.2) is 0 Å². The highest BCUT2D eigenvalue weighted by atomic mass is 16.5. The first-order valence-corrected chi connectivity index (χ1v) is 6.23. The Morgan fingerprint density at radius 1 is 1.56 bits per heavy atom. The van der Waals surface area contributed by atoms with Crippen molar-refractivity contribution in [3.63, 3.8) is 0 Å². The molecule has 18 heavy (non-hydrogen) atoms. The Labute approximate surface area is 107 Å². The molecule has 1 aliphatic heterocycles. The summed E-state index contributed by atoms with van der Waals surface area (Å²) in [5, 5.41) is 3.29. The highest BCUT2D eigenvalue weighted by molar-refractivity contribution is 5.94. The summed E-state index contributed by atoms with van der Waals surface area (Å²) in [5.41, 5.74) is 0. The third-order valence-electron chi connectivity index (χ3n) is 3.19. The molecule has 5 nitrogen and oxygen atoms in total. The van der Waals surface area contributed by atoms with Gasteiger partial charge in [-0.05, 0) is 18.7 Å². The summed E-state index contributed by atoms with van der Waals surface area (Å²) in [4.78, 5) is 18.2. The van der Waals surface area contributed by atoms with Crippen molar-refractivity contribution in [2.24, 2.45) is 5.92 Å². The number of aromatic nitrogens is 1. The van der Waals surface area contributed by atoms with Crippen LogP contribution in [0.25, 0.3) is 0 Å². The molecule has 1 fully saturated rings. The predicted molar refractivity (Wildman–Crippen MR) is 69.4 cm³/mol. The lowest BCUT2D eigenvalue weighted by atomic mass is 10.0. The Balaban J connectivity index is 2.06. The molecule has 0 saturated carbocycles. The van der Waals surface area contributed by atoms with Crippen molar-refractivity contribution in [3.05, 3.63) is 24.4 Å². The average Bonchev–Trinajstić information content (AvgIpc) is 2.87. The molecule has 1 aromatic rings. The van der Waals surface area contributed by atoms with Gasteiger partial charge in [-0.2, -0.15) is 0 Å². The molecule has 1 amide bonds. The number of rotatable bonds is 4. The van der Waals surface area contributed by atoms with E-state index in [4.69, 9.17) is 4.74 Å². The molecule has 0 aliphatic carbocycles. The van der Waals surface area contributed by atoms with Gasteiger partial charge in [0.05, 0.1) is 19.1 Å². The molecule has 5 heteroatoms. The van der Waals surface area contributed by atoms with E-state index in [2.05, 4.69) is 10.3 Å². The zero-order valence-corrected chi connectivity index (χ0v) is 10.8. The van der Waals surface area contributed by atoms with Gasteiger partial charge in [-0.25, -0.2) is 4.98 Å². The van der Waals surface area contributed by atoms with Crippen LogP contribution in [0.1, 0.15) is 6.92 Å². The van der Waals surface area contributed by atoms with Crippen LogP contribution in [-0.4, -0.2) is 43.7 Å². The van der Waals surface area contributed by atoms with Crippen LogP contribution in [-0.2, 0) is 9.53 Å². The molecule has 2 unspecified atom stereocenters. The summed E-state index contributed by atoms with van der Waals surface area (Å²) in [7, 11) is 1.76. The van der Waals surface area contributed by atoms with E-state index in [-0.39, 0.29) is 17.9 Å². The van der Waals surface area contributed by atoms with E-state index < -0.39 is 0 Å². The highest BCUT2D eigenvalue weighted by Crippen LogP contribution is 2.19. The van der Waals surface area contributed by atoms with Crippen LogP contribution in [0.15, 0.2) is 24.4 Å². The standard InChI is InChI=1S/C13H19N3O2/c1-3-14-11-9-18-8-10(11)13(17)16(2)12-6-4-5-7-15-12/h4-7,10-11,14H,3,8-9H2,1-2H3. The Morgan fingerprint density at radius 3 is 3.06 bits per heavy atom. The summed E-state index contributed by atoms with van der Waals surface area (Å²) in [6.45, 7) is 3.95. The molecule has 2 atom stereocenters. The summed E-state index contributed by atoms with van der Waals surface area (Å²) < 4.78 is 5.40. The zero-order chi connectivity index (χ0) is 13.0. The minimum Gasteiger partial charge on any atom is -0.379 e. The quantitative estimate of drug-likeness (QED) is 0.852. The fourth-order valence-electron chi connectivity index (χ4n) is 2.17. The zero-order valence-electron chi connectivity index (χ0n) is 10.8. The Hall–Kier alpha value is -1.46. The maximum atomic E-state index is 12.4. The minimum atomic E-state index is -0.128. The SMILES string of the molecule is CCNC1COCC1C(=O)N(C)c1ccccn1. The number of nitrogens with one attached hydrogen (secondary N) is 1. The Bertz CT molecular complexity index is 396. The molecule has 1 N–H and O–H groups in total. The number of amides is 1. The lowest BCUT2D eigenvalue weighted by Gasteiger charge is -2.23. The van der Waals surface area contributed by atoms with Gasteiger partial charge >= 0.3 is 0 Å².